The highest BCUT2D eigenvalue weighted by Gasteiger charge is 2.27. The number of carbonyl (C=O) groups is 1. The molecule has 0 saturated carbocycles. The molecule has 4 heterocycles. The average Bonchev–Trinajstić information content (AvgIpc) is 3.25. The zero-order valence-corrected chi connectivity index (χ0v) is 14.9. The molecule has 1 aliphatic rings. The zero-order chi connectivity index (χ0) is 17.7. The maximum absolute atomic E-state index is 11.8. The lowest BCUT2D eigenvalue weighted by molar-refractivity contribution is -0.121. The molecule has 0 aromatic carbocycles. The molecule has 0 bridgehead atoms. The Bertz CT molecular complexity index is 1150. The van der Waals surface area contributed by atoms with Crippen molar-refractivity contribution in [1.82, 2.24) is 25.1 Å². The molecule has 0 radical (unpaired) electrons. The van der Waals surface area contributed by atoms with Crippen molar-refractivity contribution in [1.29, 1.82) is 0 Å². The van der Waals surface area contributed by atoms with Crippen LogP contribution >= 0.6 is 11.3 Å². The summed E-state index contributed by atoms with van der Waals surface area (Å²) in [4.78, 5) is 27.3. The second-order valence-corrected chi connectivity index (χ2v) is 7.70. The summed E-state index contributed by atoms with van der Waals surface area (Å²) >= 11 is 1.68. The van der Waals surface area contributed by atoms with Crippen molar-refractivity contribution in [2.75, 3.05) is 5.32 Å². The number of carbonyl (C=O) groups excluding carboxylic acids is 1. The predicted octanol–water partition coefficient (Wildman–Crippen LogP) is 3.40. The van der Waals surface area contributed by atoms with E-state index < -0.39 is 0 Å². The first kappa shape index (κ1) is 15.4. The Labute approximate surface area is 152 Å². The van der Waals surface area contributed by atoms with Gasteiger partial charge in [0.15, 0.2) is 5.65 Å². The Morgan fingerprint density at radius 1 is 1.31 bits per heavy atom. The van der Waals surface area contributed by atoms with Crippen LogP contribution in [0.5, 0.6) is 0 Å². The van der Waals surface area contributed by atoms with Gasteiger partial charge < -0.3 is 5.32 Å². The minimum Gasteiger partial charge on any atom is -0.338 e. The van der Waals surface area contributed by atoms with Gasteiger partial charge in [-0.1, -0.05) is 0 Å². The molecule has 0 saturated heterocycles. The van der Waals surface area contributed by atoms with E-state index in [0.717, 1.165) is 52.0 Å². The number of H-pyrrole nitrogens is 1. The van der Waals surface area contributed by atoms with Crippen LogP contribution in [0, 0.1) is 5.92 Å². The Morgan fingerprint density at radius 3 is 3.12 bits per heavy atom. The van der Waals surface area contributed by atoms with Crippen LogP contribution in [0.15, 0.2) is 24.8 Å². The number of aromatic nitrogens is 5. The Balaban J connectivity index is 1.57. The van der Waals surface area contributed by atoms with Crippen LogP contribution in [-0.2, 0) is 17.6 Å². The van der Waals surface area contributed by atoms with Crippen molar-refractivity contribution in [3.63, 3.8) is 0 Å². The number of anilines is 2. The van der Waals surface area contributed by atoms with Crippen molar-refractivity contribution in [2.24, 2.45) is 5.92 Å². The Hall–Kier alpha value is -2.87. The van der Waals surface area contributed by atoms with E-state index in [-0.39, 0.29) is 11.7 Å². The van der Waals surface area contributed by atoms with Crippen LogP contribution in [0.1, 0.15) is 23.8 Å². The van der Waals surface area contributed by atoms with Gasteiger partial charge in [0.05, 0.1) is 23.5 Å². The summed E-state index contributed by atoms with van der Waals surface area (Å²) in [5, 5.41) is 12.2. The van der Waals surface area contributed by atoms with E-state index >= 15 is 0 Å². The van der Waals surface area contributed by atoms with Crippen LogP contribution in [0.2, 0.25) is 0 Å². The third-order valence-corrected chi connectivity index (χ3v) is 6.14. The molecular weight excluding hydrogens is 348 g/mol. The zero-order valence-electron chi connectivity index (χ0n) is 14.1. The maximum Gasteiger partial charge on any atom is 0.155 e. The number of rotatable bonds is 3. The minimum atomic E-state index is 0.132. The lowest BCUT2D eigenvalue weighted by atomic mass is 9.85. The standard InChI is InChI=1S/C18H16N6OS/c1-9(25)10-2-3-13-14(5-10)26-18-15(13)17(20-8-21-18)23-12-4-11-6-22-24-16(11)19-7-12/h4,6-8,10H,2-3,5H2,1H3,(H,19,22,24)(H,20,21,23). The molecule has 0 fully saturated rings. The number of nitrogens with zero attached hydrogens (tertiary/aromatic N) is 4. The summed E-state index contributed by atoms with van der Waals surface area (Å²) in [5.74, 6) is 1.20. The van der Waals surface area contributed by atoms with Gasteiger partial charge in [0, 0.05) is 16.2 Å². The van der Waals surface area contributed by atoms with Crippen LogP contribution in [0.25, 0.3) is 21.3 Å². The molecule has 8 heteroatoms. The summed E-state index contributed by atoms with van der Waals surface area (Å²) in [6, 6.07) is 1.99. The molecule has 0 aliphatic heterocycles. The molecule has 130 valence electrons. The van der Waals surface area contributed by atoms with Gasteiger partial charge in [-0.15, -0.1) is 11.3 Å². The number of aryl methyl sites for hydroxylation is 1. The highest BCUT2D eigenvalue weighted by molar-refractivity contribution is 7.19. The first-order chi connectivity index (χ1) is 12.7. The molecule has 5 rings (SSSR count). The van der Waals surface area contributed by atoms with E-state index in [1.54, 1.807) is 37.0 Å². The van der Waals surface area contributed by atoms with Crippen LogP contribution in [0.4, 0.5) is 11.5 Å². The molecule has 4 aromatic rings. The van der Waals surface area contributed by atoms with Gasteiger partial charge in [0.25, 0.3) is 0 Å². The van der Waals surface area contributed by atoms with Gasteiger partial charge in [-0.25, -0.2) is 15.0 Å². The minimum absolute atomic E-state index is 0.132. The lowest BCUT2D eigenvalue weighted by Crippen LogP contribution is -2.19. The fourth-order valence-corrected chi connectivity index (χ4v) is 4.86. The molecule has 7 nitrogen and oxygen atoms in total. The largest absolute Gasteiger partial charge is 0.338 e. The van der Waals surface area contributed by atoms with Gasteiger partial charge >= 0.3 is 0 Å². The van der Waals surface area contributed by atoms with Gasteiger partial charge in [0.2, 0.25) is 0 Å². The number of fused-ring (bicyclic) bond motifs is 4. The monoisotopic (exact) mass is 364 g/mol. The maximum atomic E-state index is 11.8. The lowest BCUT2D eigenvalue weighted by Gasteiger charge is -2.19. The topological polar surface area (TPSA) is 96.5 Å². The second kappa shape index (κ2) is 5.84. The quantitative estimate of drug-likeness (QED) is 0.578. The fraction of sp³-hybridized carbons (Fsp3) is 0.278. The first-order valence-electron chi connectivity index (χ1n) is 8.51. The molecular formula is C18H16N6OS. The number of ketones is 1. The SMILES string of the molecule is CC(=O)C1CCc2c(sc3ncnc(Nc4cnc5[nH]ncc5c4)c23)C1. The van der Waals surface area contributed by atoms with Gasteiger partial charge in [-0.05, 0) is 37.8 Å². The third kappa shape index (κ3) is 2.45. The number of aromatic amines is 1. The van der Waals surface area contributed by atoms with Gasteiger partial charge in [-0.2, -0.15) is 5.10 Å². The molecule has 0 amide bonds. The third-order valence-electron chi connectivity index (χ3n) is 4.97. The van der Waals surface area contributed by atoms with Crippen molar-refractivity contribution in [3.8, 4) is 0 Å². The molecule has 2 N–H and O–H groups in total. The average molecular weight is 364 g/mol. The van der Waals surface area contributed by atoms with Crippen molar-refractivity contribution in [3.05, 3.63) is 35.2 Å². The number of hydrogen-bond acceptors (Lipinski definition) is 7. The summed E-state index contributed by atoms with van der Waals surface area (Å²) in [6.45, 7) is 1.69. The first-order valence-corrected chi connectivity index (χ1v) is 9.32. The summed E-state index contributed by atoms with van der Waals surface area (Å²) in [6.07, 6.45) is 7.69. The Morgan fingerprint density at radius 2 is 2.23 bits per heavy atom. The number of hydrogen-bond donors (Lipinski definition) is 2. The van der Waals surface area contributed by atoms with Crippen LogP contribution in [-0.4, -0.2) is 30.9 Å². The smallest absolute Gasteiger partial charge is 0.155 e. The van der Waals surface area contributed by atoms with Crippen molar-refractivity contribution in [2.45, 2.75) is 26.2 Å². The molecule has 26 heavy (non-hydrogen) atoms. The fourth-order valence-electron chi connectivity index (χ4n) is 3.59. The van der Waals surface area contributed by atoms with Crippen LogP contribution < -0.4 is 5.32 Å². The highest BCUT2D eigenvalue weighted by atomic mass is 32.1. The van der Waals surface area contributed by atoms with E-state index in [1.807, 2.05) is 6.07 Å². The number of Topliss-reactive ketones (excluding diaryl/α,β-unsaturated/α-hetero) is 1. The van der Waals surface area contributed by atoms with E-state index in [2.05, 4.69) is 30.5 Å². The Kier molecular flexibility index (Phi) is 3.46. The van der Waals surface area contributed by atoms with Gasteiger partial charge in [0.1, 0.15) is 22.8 Å². The summed E-state index contributed by atoms with van der Waals surface area (Å²) in [7, 11) is 0. The number of thiophene rings is 1. The van der Waals surface area contributed by atoms with Crippen LogP contribution in [0.3, 0.4) is 0 Å². The molecule has 1 atom stereocenters. The molecule has 1 unspecified atom stereocenters. The molecule has 1 aliphatic carbocycles. The van der Waals surface area contributed by atoms with E-state index in [0.29, 0.717) is 0 Å². The summed E-state index contributed by atoms with van der Waals surface area (Å²) < 4.78 is 0. The van der Waals surface area contributed by atoms with Gasteiger partial charge in [-0.3, -0.25) is 9.89 Å². The molecule has 0 spiro atoms. The molecule has 4 aromatic heterocycles. The number of nitrogens with one attached hydrogen (secondary N) is 2. The van der Waals surface area contributed by atoms with Crippen molar-refractivity contribution < 1.29 is 4.79 Å². The summed E-state index contributed by atoms with van der Waals surface area (Å²) in [5.41, 5.74) is 2.89. The number of pyridine rings is 1. The van der Waals surface area contributed by atoms with E-state index in [9.17, 15) is 4.79 Å². The van der Waals surface area contributed by atoms with Crippen molar-refractivity contribution >= 4 is 49.9 Å². The predicted molar refractivity (Wildman–Crippen MR) is 101 cm³/mol. The van der Waals surface area contributed by atoms with E-state index in [4.69, 9.17) is 0 Å². The second-order valence-electron chi connectivity index (χ2n) is 6.61. The normalized spacial score (nSPS) is 16.7. The highest BCUT2D eigenvalue weighted by Crippen LogP contribution is 2.40. The van der Waals surface area contributed by atoms with E-state index in [1.165, 1.54) is 10.4 Å².